The van der Waals surface area contributed by atoms with Crippen LogP contribution in [0.4, 0.5) is 0 Å². The molecule has 0 radical (unpaired) electrons. The smallest absolute Gasteiger partial charge is 0.143 e. The average molecular weight is 218 g/mol. The average Bonchev–Trinajstić information content (AvgIpc) is 2.59. The molecule has 0 aliphatic heterocycles. The number of hydrogen-bond acceptors (Lipinski definition) is 2. The Morgan fingerprint density at radius 2 is 2.19 bits per heavy atom. The van der Waals surface area contributed by atoms with E-state index < -0.39 is 0 Å². The number of methoxy groups -OCH3 is 1. The fraction of sp³-hybridized carbons (Fsp3) is 0.385. The minimum atomic E-state index is 0.168. The van der Waals surface area contributed by atoms with E-state index in [1.165, 1.54) is 16.5 Å². The predicted octanol–water partition coefficient (Wildman–Crippen LogP) is 2.37. The van der Waals surface area contributed by atoms with Gasteiger partial charge in [0, 0.05) is 17.6 Å². The summed E-state index contributed by atoms with van der Waals surface area (Å²) in [5.74, 6) is 0.890. The summed E-state index contributed by atoms with van der Waals surface area (Å²) in [6, 6.07) is 4.41. The molecule has 86 valence electrons. The van der Waals surface area contributed by atoms with Crippen molar-refractivity contribution < 1.29 is 4.74 Å². The summed E-state index contributed by atoms with van der Waals surface area (Å²) >= 11 is 0. The van der Waals surface area contributed by atoms with Crippen molar-refractivity contribution in [3.63, 3.8) is 0 Å². The number of fused-ring (bicyclic) bond motifs is 1. The van der Waals surface area contributed by atoms with E-state index in [0.29, 0.717) is 0 Å². The van der Waals surface area contributed by atoms with Crippen LogP contribution in [0.15, 0.2) is 18.3 Å². The maximum atomic E-state index is 5.82. The molecule has 0 amide bonds. The van der Waals surface area contributed by atoms with E-state index >= 15 is 0 Å². The van der Waals surface area contributed by atoms with Gasteiger partial charge in [0.1, 0.15) is 5.75 Å². The molecule has 3 N–H and O–H groups in total. The minimum Gasteiger partial charge on any atom is -0.495 e. The molecule has 0 saturated carbocycles. The van der Waals surface area contributed by atoms with Gasteiger partial charge in [-0.1, -0.05) is 0 Å². The molecule has 1 unspecified atom stereocenters. The molecule has 0 aliphatic rings. The van der Waals surface area contributed by atoms with Crippen LogP contribution < -0.4 is 10.5 Å². The van der Waals surface area contributed by atoms with Crippen LogP contribution in [-0.4, -0.2) is 18.1 Å². The lowest BCUT2D eigenvalue weighted by molar-refractivity contribution is 0.418. The molecule has 1 atom stereocenters. The minimum absolute atomic E-state index is 0.168. The second-order valence-corrected chi connectivity index (χ2v) is 4.37. The highest BCUT2D eigenvalue weighted by Crippen LogP contribution is 2.29. The zero-order chi connectivity index (χ0) is 11.7. The Morgan fingerprint density at radius 3 is 2.81 bits per heavy atom. The first-order valence-electron chi connectivity index (χ1n) is 5.52. The second-order valence-electron chi connectivity index (χ2n) is 4.37. The number of aryl methyl sites for hydroxylation is 1. The maximum Gasteiger partial charge on any atom is 0.143 e. The molecule has 1 aromatic heterocycles. The highest BCUT2D eigenvalue weighted by molar-refractivity contribution is 5.89. The van der Waals surface area contributed by atoms with Gasteiger partial charge in [-0.3, -0.25) is 0 Å². The normalized spacial score (nSPS) is 13.0. The molecule has 0 aliphatic carbocycles. The molecule has 0 spiro atoms. The molecule has 0 saturated heterocycles. The SMILES string of the molecule is COc1cc(CC(C)N)cc2c(C)c[nH]c12. The number of aromatic amines is 1. The molecule has 16 heavy (non-hydrogen) atoms. The van der Waals surface area contributed by atoms with Gasteiger partial charge in [0.15, 0.2) is 0 Å². The highest BCUT2D eigenvalue weighted by atomic mass is 16.5. The van der Waals surface area contributed by atoms with E-state index in [0.717, 1.165) is 17.7 Å². The summed E-state index contributed by atoms with van der Waals surface area (Å²) in [5.41, 5.74) is 9.35. The molecule has 0 fully saturated rings. The van der Waals surface area contributed by atoms with Crippen LogP contribution in [-0.2, 0) is 6.42 Å². The maximum absolute atomic E-state index is 5.82. The number of H-pyrrole nitrogens is 1. The third kappa shape index (κ3) is 1.91. The van der Waals surface area contributed by atoms with E-state index in [2.05, 4.69) is 24.0 Å². The Hall–Kier alpha value is -1.48. The number of benzene rings is 1. The summed E-state index contributed by atoms with van der Waals surface area (Å²) < 4.78 is 5.39. The fourth-order valence-corrected chi connectivity index (χ4v) is 2.04. The van der Waals surface area contributed by atoms with Crippen LogP contribution in [0.1, 0.15) is 18.1 Å². The van der Waals surface area contributed by atoms with E-state index in [1.807, 2.05) is 13.1 Å². The van der Waals surface area contributed by atoms with Crippen molar-refractivity contribution in [1.29, 1.82) is 0 Å². The Balaban J connectivity index is 2.56. The number of nitrogens with two attached hydrogens (primary N) is 1. The van der Waals surface area contributed by atoms with E-state index in [4.69, 9.17) is 10.5 Å². The fourth-order valence-electron chi connectivity index (χ4n) is 2.04. The molecule has 2 aromatic rings. The summed E-state index contributed by atoms with van der Waals surface area (Å²) in [5, 5.41) is 1.22. The number of rotatable bonds is 3. The van der Waals surface area contributed by atoms with Crippen LogP contribution in [0, 0.1) is 6.92 Å². The van der Waals surface area contributed by atoms with Crippen LogP contribution in [0.3, 0.4) is 0 Å². The van der Waals surface area contributed by atoms with Crippen LogP contribution in [0.2, 0.25) is 0 Å². The molecular formula is C13H18N2O. The van der Waals surface area contributed by atoms with Crippen molar-refractivity contribution in [2.45, 2.75) is 26.3 Å². The highest BCUT2D eigenvalue weighted by Gasteiger charge is 2.09. The van der Waals surface area contributed by atoms with Crippen LogP contribution in [0.25, 0.3) is 10.9 Å². The standard InChI is InChI=1S/C13H18N2O/c1-8-7-15-13-11(8)5-10(4-9(2)14)6-12(13)16-3/h5-7,9,15H,4,14H2,1-3H3. The zero-order valence-electron chi connectivity index (χ0n) is 10.0. The number of nitrogens with one attached hydrogen (secondary N) is 1. The molecular weight excluding hydrogens is 200 g/mol. The Labute approximate surface area is 95.6 Å². The van der Waals surface area contributed by atoms with Gasteiger partial charge in [0.05, 0.1) is 12.6 Å². The van der Waals surface area contributed by atoms with Gasteiger partial charge in [0.2, 0.25) is 0 Å². The van der Waals surface area contributed by atoms with Crippen molar-refractivity contribution in [1.82, 2.24) is 4.98 Å². The lowest BCUT2D eigenvalue weighted by Gasteiger charge is -2.09. The van der Waals surface area contributed by atoms with Crippen molar-refractivity contribution in [2.75, 3.05) is 7.11 Å². The third-order valence-corrected chi connectivity index (χ3v) is 2.80. The van der Waals surface area contributed by atoms with E-state index in [1.54, 1.807) is 7.11 Å². The summed E-state index contributed by atoms with van der Waals surface area (Å²) in [7, 11) is 1.70. The summed E-state index contributed by atoms with van der Waals surface area (Å²) in [6.45, 7) is 4.11. The molecule has 1 aromatic carbocycles. The van der Waals surface area contributed by atoms with Gasteiger partial charge < -0.3 is 15.5 Å². The Bertz CT molecular complexity index is 500. The van der Waals surface area contributed by atoms with Gasteiger partial charge in [-0.15, -0.1) is 0 Å². The first-order chi connectivity index (χ1) is 7.61. The largest absolute Gasteiger partial charge is 0.495 e. The zero-order valence-corrected chi connectivity index (χ0v) is 10.0. The number of hydrogen-bond donors (Lipinski definition) is 2. The van der Waals surface area contributed by atoms with Crippen molar-refractivity contribution in [3.05, 3.63) is 29.5 Å². The molecule has 0 bridgehead atoms. The van der Waals surface area contributed by atoms with E-state index in [9.17, 15) is 0 Å². The second kappa shape index (κ2) is 4.18. The monoisotopic (exact) mass is 218 g/mol. The van der Waals surface area contributed by atoms with Gasteiger partial charge in [-0.25, -0.2) is 0 Å². The number of aromatic nitrogens is 1. The topological polar surface area (TPSA) is 51.0 Å². The Morgan fingerprint density at radius 1 is 1.44 bits per heavy atom. The first kappa shape index (κ1) is 11.0. The van der Waals surface area contributed by atoms with Gasteiger partial charge >= 0.3 is 0 Å². The van der Waals surface area contributed by atoms with Gasteiger partial charge in [-0.2, -0.15) is 0 Å². The van der Waals surface area contributed by atoms with Crippen LogP contribution in [0.5, 0.6) is 5.75 Å². The Kier molecular flexibility index (Phi) is 2.88. The van der Waals surface area contributed by atoms with Gasteiger partial charge in [0.25, 0.3) is 0 Å². The van der Waals surface area contributed by atoms with Crippen molar-refractivity contribution in [2.24, 2.45) is 5.73 Å². The predicted molar refractivity (Wildman–Crippen MR) is 66.9 cm³/mol. The third-order valence-electron chi connectivity index (χ3n) is 2.80. The summed E-state index contributed by atoms with van der Waals surface area (Å²) in [4.78, 5) is 3.23. The van der Waals surface area contributed by atoms with Crippen molar-refractivity contribution >= 4 is 10.9 Å². The number of ether oxygens (including phenoxy) is 1. The molecule has 2 rings (SSSR count). The van der Waals surface area contributed by atoms with Gasteiger partial charge in [-0.05, 0) is 43.5 Å². The van der Waals surface area contributed by atoms with Crippen molar-refractivity contribution in [3.8, 4) is 5.75 Å². The quantitative estimate of drug-likeness (QED) is 0.831. The molecule has 3 nitrogen and oxygen atoms in total. The lowest BCUT2D eigenvalue weighted by Crippen LogP contribution is -2.17. The molecule has 1 heterocycles. The molecule has 3 heteroatoms. The van der Waals surface area contributed by atoms with Crippen LogP contribution >= 0.6 is 0 Å². The summed E-state index contributed by atoms with van der Waals surface area (Å²) in [6.07, 6.45) is 2.87. The first-order valence-corrected chi connectivity index (χ1v) is 5.52. The van der Waals surface area contributed by atoms with E-state index in [-0.39, 0.29) is 6.04 Å². The lowest BCUT2D eigenvalue weighted by atomic mass is 10.0.